The summed E-state index contributed by atoms with van der Waals surface area (Å²) in [4.78, 5) is 75.5. The van der Waals surface area contributed by atoms with Crippen molar-refractivity contribution in [2.75, 3.05) is 25.9 Å². The maximum absolute atomic E-state index is 14.9. The second-order valence-electron chi connectivity index (χ2n) is 17.2. The summed E-state index contributed by atoms with van der Waals surface area (Å²) in [6.07, 6.45) is 4.30. The van der Waals surface area contributed by atoms with Gasteiger partial charge < -0.3 is 26.2 Å². The highest BCUT2D eigenvalue weighted by atomic mass is 32.2. The monoisotopic (exact) mass is 813 g/mol. The number of hydrogen-bond acceptors (Lipinski definition) is 9. The van der Waals surface area contributed by atoms with Gasteiger partial charge in [0.2, 0.25) is 27.6 Å². The van der Waals surface area contributed by atoms with Crippen LogP contribution >= 0.6 is 11.3 Å². The minimum Gasteiger partial charge on any atom is -0.344 e. The Hall–Kier alpha value is -3.89. The van der Waals surface area contributed by atoms with Crippen LogP contribution in [0.4, 0.5) is 4.79 Å². The van der Waals surface area contributed by atoms with E-state index in [1.807, 2.05) is 52.0 Å². The number of carbonyl (C=O) groups is 5. The van der Waals surface area contributed by atoms with E-state index >= 15 is 0 Å². The predicted octanol–water partition coefficient (Wildman–Crippen LogP) is 3.27. The molecule has 2 heterocycles. The van der Waals surface area contributed by atoms with E-state index in [4.69, 9.17) is 0 Å². The molecule has 56 heavy (non-hydrogen) atoms. The number of unbranched alkanes of at least 4 members (excludes halogenated alkanes) is 1. The van der Waals surface area contributed by atoms with E-state index in [0.717, 1.165) is 17.5 Å². The number of ketones is 1. The van der Waals surface area contributed by atoms with Crippen molar-refractivity contribution >= 4 is 50.9 Å². The Labute approximate surface area is 335 Å². The number of carbonyl (C=O) groups excluding carboxylic acids is 5. The summed E-state index contributed by atoms with van der Waals surface area (Å²) in [5.74, 6) is -2.99. The van der Waals surface area contributed by atoms with Crippen LogP contribution in [0, 0.1) is 28.6 Å². The standard InChI is InChI=1S/C40H59N7O7S2/c1-9-11-16-28(34(48)36(50)42-21-30-41-17-18-55-30)43-35(49)33-31-27(40(31,6)7)22-47(33)37(51)32(26-19-24-14-12-13-15-25(24)20-26)45-38(52)44-29(39(3,4)5)23-46(8)56(53,54)10-2/h12-15,17-18,26-29,31-33H,9-11,16,19-23H2,1-8H3,(H,42,50)(H,43,49)(H2,44,45,52)/t27-,28?,29+,31-,32-,33-/m0/s1. The summed E-state index contributed by atoms with van der Waals surface area (Å²) in [5, 5.41) is 13.9. The highest BCUT2D eigenvalue weighted by Gasteiger charge is 2.70. The number of fused-ring (bicyclic) bond motifs is 2. The Bertz CT molecular complexity index is 1850. The van der Waals surface area contributed by atoms with Gasteiger partial charge in [-0.1, -0.05) is 78.6 Å². The molecule has 5 rings (SSSR count). The third-order valence-electron chi connectivity index (χ3n) is 12.1. The van der Waals surface area contributed by atoms with E-state index in [9.17, 15) is 32.4 Å². The molecule has 2 aromatic rings. The van der Waals surface area contributed by atoms with E-state index < -0.39 is 69.1 Å². The number of piperidine rings is 1. The Morgan fingerprint density at radius 1 is 1.04 bits per heavy atom. The lowest BCUT2D eigenvalue weighted by atomic mass is 9.86. The zero-order valence-electron chi connectivity index (χ0n) is 33.9. The molecule has 3 aliphatic rings. The van der Waals surface area contributed by atoms with Crippen molar-refractivity contribution in [3.05, 3.63) is 52.0 Å². The van der Waals surface area contributed by atoms with Gasteiger partial charge in [-0.05, 0) is 65.9 Å². The normalized spacial score (nSPS) is 21.7. The van der Waals surface area contributed by atoms with Crippen molar-refractivity contribution in [3.8, 4) is 0 Å². The predicted molar refractivity (Wildman–Crippen MR) is 215 cm³/mol. The van der Waals surface area contributed by atoms with Gasteiger partial charge in [-0.2, -0.15) is 0 Å². The number of likely N-dealkylation sites (tertiary alicyclic amines) is 1. The molecule has 308 valence electrons. The molecule has 6 atom stereocenters. The zero-order chi connectivity index (χ0) is 41.2. The number of sulfonamides is 1. The second kappa shape index (κ2) is 17.3. The van der Waals surface area contributed by atoms with Crippen molar-refractivity contribution in [2.45, 2.75) is 111 Å². The molecule has 1 aromatic heterocycles. The molecule has 1 aliphatic heterocycles. The number of thiazole rings is 1. The number of nitrogens with one attached hydrogen (secondary N) is 4. The summed E-state index contributed by atoms with van der Waals surface area (Å²) in [7, 11) is -2.04. The van der Waals surface area contributed by atoms with E-state index in [-0.39, 0.29) is 48.4 Å². The van der Waals surface area contributed by atoms with E-state index in [1.54, 1.807) is 23.4 Å². The van der Waals surface area contributed by atoms with Crippen molar-refractivity contribution in [1.29, 1.82) is 0 Å². The molecule has 1 saturated carbocycles. The van der Waals surface area contributed by atoms with Gasteiger partial charge in [-0.15, -0.1) is 11.3 Å². The first-order valence-corrected chi connectivity index (χ1v) is 22.2. The van der Waals surface area contributed by atoms with E-state index in [1.165, 1.54) is 22.7 Å². The number of amides is 5. The number of aromatic nitrogens is 1. The molecule has 0 bridgehead atoms. The first-order chi connectivity index (χ1) is 26.3. The third-order valence-corrected chi connectivity index (χ3v) is 14.7. The summed E-state index contributed by atoms with van der Waals surface area (Å²) < 4.78 is 26.5. The number of Topliss-reactive ketones (excluding diaryl/α,β-unsaturated/α-hetero) is 1. The maximum atomic E-state index is 14.9. The van der Waals surface area contributed by atoms with Gasteiger partial charge in [0.15, 0.2) is 0 Å². The van der Waals surface area contributed by atoms with Gasteiger partial charge in [-0.25, -0.2) is 22.5 Å². The van der Waals surface area contributed by atoms with Crippen molar-refractivity contribution in [3.63, 3.8) is 0 Å². The quantitative estimate of drug-likeness (QED) is 0.175. The van der Waals surface area contributed by atoms with Gasteiger partial charge in [-0.3, -0.25) is 19.2 Å². The lowest BCUT2D eigenvalue weighted by molar-refractivity contribution is -0.144. The summed E-state index contributed by atoms with van der Waals surface area (Å²) in [6, 6.07) is 3.71. The zero-order valence-corrected chi connectivity index (χ0v) is 35.5. The largest absolute Gasteiger partial charge is 0.344 e. The second-order valence-corrected chi connectivity index (χ2v) is 20.5. The summed E-state index contributed by atoms with van der Waals surface area (Å²) >= 11 is 1.35. The fraction of sp³-hybridized carbons (Fsp3) is 0.650. The summed E-state index contributed by atoms with van der Waals surface area (Å²) in [6.45, 7) is 13.8. The highest BCUT2D eigenvalue weighted by molar-refractivity contribution is 7.89. The smallest absolute Gasteiger partial charge is 0.315 e. The van der Waals surface area contributed by atoms with Gasteiger partial charge in [0.1, 0.15) is 17.1 Å². The van der Waals surface area contributed by atoms with Crippen LogP contribution in [0.25, 0.3) is 0 Å². The molecule has 14 nitrogen and oxygen atoms in total. The summed E-state index contributed by atoms with van der Waals surface area (Å²) in [5.41, 5.74) is 1.40. The molecule has 1 aromatic carbocycles. The maximum Gasteiger partial charge on any atom is 0.315 e. The highest BCUT2D eigenvalue weighted by Crippen LogP contribution is 2.65. The van der Waals surface area contributed by atoms with Crippen LogP contribution in [0.2, 0.25) is 0 Å². The van der Waals surface area contributed by atoms with Gasteiger partial charge >= 0.3 is 6.03 Å². The molecule has 0 spiro atoms. The van der Waals surface area contributed by atoms with Crippen molar-refractivity contribution in [2.24, 2.45) is 28.6 Å². The van der Waals surface area contributed by atoms with Crippen LogP contribution in [0.3, 0.4) is 0 Å². The molecule has 1 saturated heterocycles. The third kappa shape index (κ3) is 9.62. The Kier molecular flexibility index (Phi) is 13.4. The topological polar surface area (TPSA) is 187 Å². The molecule has 2 aliphatic carbocycles. The number of benzene rings is 1. The lowest BCUT2D eigenvalue weighted by Gasteiger charge is -2.37. The van der Waals surface area contributed by atoms with Crippen LogP contribution in [0.15, 0.2) is 35.8 Å². The first-order valence-electron chi connectivity index (χ1n) is 19.7. The van der Waals surface area contributed by atoms with Crippen molar-refractivity contribution < 1.29 is 32.4 Å². The molecule has 16 heteroatoms. The van der Waals surface area contributed by atoms with Crippen LogP contribution in [0.5, 0.6) is 0 Å². The average Bonchev–Trinajstić information content (AvgIpc) is 3.73. The van der Waals surface area contributed by atoms with Crippen LogP contribution < -0.4 is 21.3 Å². The molecule has 0 radical (unpaired) electrons. The molecule has 2 fully saturated rings. The Morgan fingerprint density at radius 2 is 1.70 bits per heavy atom. The molecular weight excluding hydrogens is 755 g/mol. The Morgan fingerprint density at radius 3 is 2.27 bits per heavy atom. The van der Waals surface area contributed by atoms with Crippen LogP contribution in [-0.2, 0) is 48.6 Å². The van der Waals surface area contributed by atoms with Gasteiger partial charge in [0.25, 0.3) is 5.91 Å². The fourth-order valence-electron chi connectivity index (χ4n) is 8.35. The van der Waals surface area contributed by atoms with Gasteiger partial charge in [0, 0.05) is 37.8 Å². The Balaban J connectivity index is 1.38. The lowest BCUT2D eigenvalue weighted by Crippen LogP contribution is -2.61. The number of likely N-dealkylation sites (N-methyl/N-ethyl adjacent to an activating group) is 1. The molecular formula is C40H59N7O7S2. The van der Waals surface area contributed by atoms with Crippen LogP contribution in [0.1, 0.15) is 83.9 Å². The first kappa shape index (κ1) is 43.2. The van der Waals surface area contributed by atoms with Crippen LogP contribution in [-0.4, -0.2) is 102 Å². The molecule has 1 unspecified atom stereocenters. The minimum absolute atomic E-state index is 0.0326. The SMILES string of the molecule is CCCCC(NC(=O)[C@@H]1[C@@H]2[C@H](CN1C(=O)[C@@H](NC(=O)N[C@H](CN(C)S(=O)(=O)CC)C(C)(C)C)C1Cc3ccccc3C1)C2(C)C)C(=O)C(=O)NCc1nccs1. The number of rotatable bonds is 17. The average molecular weight is 814 g/mol. The minimum atomic E-state index is -3.52. The fourth-order valence-corrected chi connectivity index (χ4v) is 9.72. The number of nitrogens with zero attached hydrogens (tertiary/aromatic N) is 3. The van der Waals surface area contributed by atoms with Gasteiger partial charge in [0.05, 0.1) is 18.3 Å². The number of hydrogen-bond donors (Lipinski definition) is 4. The van der Waals surface area contributed by atoms with Crippen molar-refractivity contribution in [1.82, 2.24) is 35.5 Å². The van der Waals surface area contributed by atoms with E-state index in [2.05, 4.69) is 40.1 Å². The number of urea groups is 1. The molecule has 5 amide bonds. The van der Waals surface area contributed by atoms with E-state index in [0.29, 0.717) is 30.8 Å². The molecule has 4 N–H and O–H groups in total.